The fourth-order valence-corrected chi connectivity index (χ4v) is 2.04. The van der Waals surface area contributed by atoms with Gasteiger partial charge in [0.2, 0.25) is 0 Å². The lowest BCUT2D eigenvalue weighted by Crippen LogP contribution is -2.00. The summed E-state index contributed by atoms with van der Waals surface area (Å²) in [6.07, 6.45) is 1.68. The molecule has 3 rings (SSSR count). The molecule has 100 valence electrons. The number of Topliss-reactive ketones (excluding diaryl/α,β-unsaturated/α-hetero) is 1. The summed E-state index contributed by atoms with van der Waals surface area (Å²) in [6, 6.07) is 15.0. The van der Waals surface area contributed by atoms with E-state index in [0.29, 0.717) is 17.0 Å². The van der Waals surface area contributed by atoms with Gasteiger partial charge in [0.25, 0.3) is 0 Å². The molecule has 3 heteroatoms. The number of hydrogen-bond acceptors (Lipinski definition) is 3. The highest BCUT2D eigenvalue weighted by Crippen LogP contribution is 2.16. The van der Waals surface area contributed by atoms with E-state index in [0.717, 1.165) is 10.9 Å². The number of carbonyl (C=O) groups excluding carboxylic acids is 1. The Balaban J connectivity index is 2.15. The van der Waals surface area contributed by atoms with Gasteiger partial charge in [-0.2, -0.15) is 0 Å². The summed E-state index contributed by atoms with van der Waals surface area (Å²) in [7, 11) is 0. The largest absolute Gasteiger partial charge is 0.294 e. The molecule has 3 nitrogen and oxygen atoms in total. The van der Waals surface area contributed by atoms with Gasteiger partial charge in [0, 0.05) is 11.6 Å². The first-order chi connectivity index (χ1) is 10.2. The van der Waals surface area contributed by atoms with Gasteiger partial charge in [-0.15, -0.1) is 0 Å². The van der Waals surface area contributed by atoms with Crippen LogP contribution < -0.4 is 0 Å². The minimum absolute atomic E-state index is 0.0430. The van der Waals surface area contributed by atoms with Gasteiger partial charge >= 0.3 is 0 Å². The van der Waals surface area contributed by atoms with E-state index in [1.165, 1.54) is 6.92 Å². The lowest BCUT2D eigenvalue weighted by atomic mass is 10.1. The highest BCUT2D eigenvalue weighted by Gasteiger charge is 2.08. The van der Waals surface area contributed by atoms with E-state index < -0.39 is 0 Å². The molecule has 0 spiro atoms. The number of fused-ring (bicyclic) bond motifs is 1. The summed E-state index contributed by atoms with van der Waals surface area (Å²) in [5, 5.41) is 0.936. The number of aromatic nitrogens is 2. The second kappa shape index (κ2) is 5.56. The van der Waals surface area contributed by atoms with E-state index in [-0.39, 0.29) is 5.78 Å². The van der Waals surface area contributed by atoms with Crippen molar-refractivity contribution in [2.75, 3.05) is 0 Å². The summed E-state index contributed by atoms with van der Waals surface area (Å²) >= 11 is 0. The number of pyridine rings is 2. The molecule has 21 heavy (non-hydrogen) atoms. The Hall–Kier alpha value is -2.99. The van der Waals surface area contributed by atoms with Crippen molar-refractivity contribution in [1.82, 2.24) is 9.97 Å². The quantitative estimate of drug-likeness (QED) is 0.504. The summed E-state index contributed by atoms with van der Waals surface area (Å²) < 4.78 is 0. The van der Waals surface area contributed by atoms with Gasteiger partial charge in [-0.3, -0.25) is 4.79 Å². The van der Waals surface area contributed by atoms with Crippen LogP contribution >= 0.6 is 0 Å². The molecule has 0 radical (unpaired) electrons. The molecule has 0 aliphatic heterocycles. The summed E-state index contributed by atoms with van der Waals surface area (Å²) in [5.41, 5.74) is 2.51. The minimum atomic E-state index is -0.0430. The van der Waals surface area contributed by atoms with E-state index in [1.54, 1.807) is 6.20 Å². The van der Waals surface area contributed by atoms with E-state index in [1.807, 2.05) is 48.5 Å². The molecule has 0 saturated carbocycles. The molecule has 0 atom stereocenters. The standard InChI is InChI=1S/C18H12N2O/c1-13(21)16-12-14-6-2-3-8-17(14)20-18(16)10-9-15-7-4-5-11-19-15/h2-8,11-12H,1H3. The average molecular weight is 272 g/mol. The highest BCUT2D eigenvalue weighted by molar-refractivity contribution is 5.99. The molecule has 0 fully saturated rings. The summed E-state index contributed by atoms with van der Waals surface area (Å²) in [5.74, 6) is 5.86. The third-order valence-electron chi connectivity index (χ3n) is 3.08. The zero-order valence-corrected chi connectivity index (χ0v) is 11.5. The fraction of sp³-hybridized carbons (Fsp3) is 0.0556. The van der Waals surface area contributed by atoms with E-state index in [9.17, 15) is 4.79 Å². The minimum Gasteiger partial charge on any atom is -0.294 e. The highest BCUT2D eigenvalue weighted by atomic mass is 16.1. The molecule has 0 aliphatic rings. The third kappa shape index (κ3) is 2.80. The van der Waals surface area contributed by atoms with Crippen LogP contribution in [0.2, 0.25) is 0 Å². The number of hydrogen-bond donors (Lipinski definition) is 0. The molecule has 0 aliphatic carbocycles. The number of ketones is 1. The summed E-state index contributed by atoms with van der Waals surface area (Å²) in [4.78, 5) is 20.4. The Morgan fingerprint density at radius 3 is 2.62 bits per heavy atom. The zero-order chi connectivity index (χ0) is 14.7. The van der Waals surface area contributed by atoms with E-state index in [2.05, 4.69) is 21.8 Å². The Kier molecular flexibility index (Phi) is 3.44. The lowest BCUT2D eigenvalue weighted by Gasteiger charge is -2.03. The Labute approximate surface area is 122 Å². The predicted molar refractivity (Wildman–Crippen MR) is 82.0 cm³/mol. The van der Waals surface area contributed by atoms with Crippen molar-refractivity contribution in [3.8, 4) is 11.8 Å². The van der Waals surface area contributed by atoms with Crippen LogP contribution in [0.5, 0.6) is 0 Å². The lowest BCUT2D eigenvalue weighted by molar-refractivity contribution is 0.101. The van der Waals surface area contributed by atoms with Gasteiger partial charge in [-0.05, 0) is 43.0 Å². The number of benzene rings is 1. The maximum Gasteiger partial charge on any atom is 0.162 e. The van der Waals surface area contributed by atoms with Crippen molar-refractivity contribution >= 4 is 16.7 Å². The Morgan fingerprint density at radius 2 is 1.86 bits per heavy atom. The van der Waals surface area contributed by atoms with Crippen molar-refractivity contribution in [3.05, 3.63) is 71.7 Å². The van der Waals surface area contributed by atoms with Gasteiger partial charge < -0.3 is 0 Å². The predicted octanol–water partition coefficient (Wildman–Crippen LogP) is 3.23. The van der Waals surface area contributed by atoms with Gasteiger partial charge in [0.15, 0.2) is 5.78 Å². The van der Waals surface area contributed by atoms with Crippen LogP contribution in [0.4, 0.5) is 0 Å². The SMILES string of the molecule is CC(=O)c1cc2ccccc2nc1C#Cc1ccccn1. The number of carbonyl (C=O) groups is 1. The second-order valence-electron chi connectivity index (χ2n) is 4.60. The average Bonchev–Trinajstić information content (AvgIpc) is 2.53. The van der Waals surface area contributed by atoms with Crippen LogP contribution in [-0.4, -0.2) is 15.8 Å². The van der Waals surface area contributed by atoms with Gasteiger partial charge in [0.1, 0.15) is 11.4 Å². The normalized spacial score (nSPS) is 9.95. The van der Waals surface area contributed by atoms with Crippen LogP contribution in [0, 0.1) is 11.8 Å². The van der Waals surface area contributed by atoms with Crippen LogP contribution in [0.3, 0.4) is 0 Å². The Bertz CT molecular complexity index is 874. The van der Waals surface area contributed by atoms with Crippen LogP contribution in [0.15, 0.2) is 54.7 Å². The van der Waals surface area contributed by atoms with E-state index >= 15 is 0 Å². The maximum atomic E-state index is 11.8. The van der Waals surface area contributed by atoms with Crippen molar-refractivity contribution in [1.29, 1.82) is 0 Å². The molecule has 0 saturated heterocycles. The topological polar surface area (TPSA) is 42.9 Å². The van der Waals surface area contributed by atoms with Crippen LogP contribution in [0.25, 0.3) is 10.9 Å². The molecular weight excluding hydrogens is 260 g/mol. The molecule has 2 heterocycles. The smallest absolute Gasteiger partial charge is 0.162 e. The fourth-order valence-electron chi connectivity index (χ4n) is 2.04. The van der Waals surface area contributed by atoms with Crippen molar-refractivity contribution < 1.29 is 4.79 Å². The first-order valence-electron chi connectivity index (χ1n) is 6.58. The van der Waals surface area contributed by atoms with Gasteiger partial charge in [-0.25, -0.2) is 9.97 Å². The van der Waals surface area contributed by atoms with Crippen LogP contribution in [-0.2, 0) is 0 Å². The monoisotopic (exact) mass is 272 g/mol. The molecular formula is C18H12N2O. The molecule has 1 aromatic carbocycles. The van der Waals surface area contributed by atoms with Crippen molar-refractivity contribution in [3.63, 3.8) is 0 Å². The van der Waals surface area contributed by atoms with Crippen LogP contribution in [0.1, 0.15) is 28.7 Å². The Morgan fingerprint density at radius 1 is 1.05 bits per heavy atom. The van der Waals surface area contributed by atoms with Gasteiger partial charge in [0.05, 0.1) is 11.1 Å². The first-order valence-corrected chi connectivity index (χ1v) is 6.58. The van der Waals surface area contributed by atoms with E-state index in [4.69, 9.17) is 0 Å². The maximum absolute atomic E-state index is 11.8. The molecule has 0 amide bonds. The number of rotatable bonds is 1. The molecule has 3 aromatic rings. The molecule has 0 N–H and O–H groups in total. The first kappa shape index (κ1) is 13.0. The second-order valence-corrected chi connectivity index (χ2v) is 4.60. The number of para-hydroxylation sites is 1. The molecule has 0 unspecified atom stereocenters. The summed E-state index contributed by atoms with van der Waals surface area (Å²) in [6.45, 7) is 1.53. The number of nitrogens with zero attached hydrogens (tertiary/aromatic N) is 2. The molecule has 0 bridgehead atoms. The van der Waals surface area contributed by atoms with Crippen molar-refractivity contribution in [2.24, 2.45) is 0 Å². The third-order valence-corrected chi connectivity index (χ3v) is 3.08. The van der Waals surface area contributed by atoms with Crippen molar-refractivity contribution in [2.45, 2.75) is 6.92 Å². The zero-order valence-electron chi connectivity index (χ0n) is 11.5. The molecule has 2 aromatic heterocycles. The van der Waals surface area contributed by atoms with Gasteiger partial charge in [-0.1, -0.05) is 24.3 Å².